The van der Waals surface area contributed by atoms with Crippen molar-refractivity contribution in [2.45, 2.75) is 19.7 Å². The van der Waals surface area contributed by atoms with Gasteiger partial charge in [0.1, 0.15) is 0 Å². The summed E-state index contributed by atoms with van der Waals surface area (Å²) >= 11 is 5.20. The first-order chi connectivity index (χ1) is 13.0. The van der Waals surface area contributed by atoms with Crippen molar-refractivity contribution in [3.05, 3.63) is 47.5 Å². The SMILES string of the molecule is I[C@]1(Cc2ccc3c(c2)OCO3)COC[C@]1(I)Cc1ccc2c(c1)OCO2. The largest absolute Gasteiger partial charge is 0.454 e. The third-order valence-electron chi connectivity index (χ3n) is 5.31. The van der Waals surface area contributed by atoms with Crippen LogP contribution in [0.3, 0.4) is 0 Å². The second-order valence-electron chi connectivity index (χ2n) is 7.15. The fraction of sp³-hybridized carbons (Fsp3) is 0.400. The molecule has 5 rings (SSSR count). The molecule has 0 aliphatic carbocycles. The van der Waals surface area contributed by atoms with E-state index in [4.69, 9.17) is 23.7 Å². The highest BCUT2D eigenvalue weighted by atomic mass is 127. The van der Waals surface area contributed by atoms with Crippen LogP contribution in [0.4, 0.5) is 0 Å². The monoisotopic (exact) mass is 592 g/mol. The van der Waals surface area contributed by atoms with Crippen molar-refractivity contribution < 1.29 is 23.7 Å². The number of halogens is 2. The summed E-state index contributed by atoms with van der Waals surface area (Å²) in [6.07, 6.45) is 1.83. The molecule has 0 saturated carbocycles. The minimum Gasteiger partial charge on any atom is -0.454 e. The molecule has 1 fully saturated rings. The van der Waals surface area contributed by atoms with Gasteiger partial charge in [-0.2, -0.15) is 0 Å². The predicted octanol–water partition coefficient (Wildman–Crippen LogP) is 4.31. The van der Waals surface area contributed by atoms with E-state index in [-0.39, 0.29) is 6.84 Å². The summed E-state index contributed by atoms with van der Waals surface area (Å²) < 4.78 is 27.9. The zero-order valence-corrected chi connectivity index (χ0v) is 18.8. The fourth-order valence-electron chi connectivity index (χ4n) is 3.80. The van der Waals surface area contributed by atoms with E-state index >= 15 is 0 Å². The van der Waals surface area contributed by atoms with Gasteiger partial charge in [-0.15, -0.1) is 0 Å². The molecular formula is C20H18I2O5. The highest BCUT2D eigenvalue weighted by Gasteiger charge is 2.53. The van der Waals surface area contributed by atoms with Crippen LogP contribution in [0.1, 0.15) is 11.1 Å². The van der Waals surface area contributed by atoms with Gasteiger partial charge in [0.15, 0.2) is 23.0 Å². The Balaban J connectivity index is 1.39. The maximum absolute atomic E-state index is 5.98. The van der Waals surface area contributed by atoms with Gasteiger partial charge in [-0.1, -0.05) is 57.3 Å². The van der Waals surface area contributed by atoms with Gasteiger partial charge in [0, 0.05) is 0 Å². The van der Waals surface area contributed by atoms with E-state index in [1.165, 1.54) is 11.1 Å². The third-order valence-corrected chi connectivity index (χ3v) is 9.79. The molecule has 2 atom stereocenters. The molecule has 0 aromatic heterocycles. The smallest absolute Gasteiger partial charge is 0.231 e. The van der Waals surface area contributed by atoms with Gasteiger partial charge in [-0.05, 0) is 48.2 Å². The Morgan fingerprint density at radius 1 is 0.667 bits per heavy atom. The lowest BCUT2D eigenvalue weighted by molar-refractivity contribution is 0.173. The highest BCUT2D eigenvalue weighted by Crippen LogP contribution is 2.50. The molecule has 5 nitrogen and oxygen atoms in total. The molecule has 3 heterocycles. The van der Waals surface area contributed by atoms with Gasteiger partial charge in [0.2, 0.25) is 13.6 Å². The lowest BCUT2D eigenvalue weighted by Gasteiger charge is -2.36. The standard InChI is InChI=1S/C20H18I2O5/c21-19(7-13-1-3-15-17(5-13)26-11-24-15)9-23-10-20(19,22)8-14-2-4-16-18(6-14)27-12-25-16/h1-6H,7-12H2/t19-,20-/m1/s1. The van der Waals surface area contributed by atoms with Crippen LogP contribution >= 0.6 is 45.2 Å². The fourth-order valence-corrected chi connectivity index (χ4v) is 5.82. The maximum Gasteiger partial charge on any atom is 0.231 e. The second kappa shape index (κ2) is 6.84. The van der Waals surface area contributed by atoms with E-state index in [0.29, 0.717) is 13.6 Å². The van der Waals surface area contributed by atoms with Crippen LogP contribution in [0, 0.1) is 0 Å². The number of fused-ring (bicyclic) bond motifs is 2. The molecule has 0 radical (unpaired) electrons. The molecular weight excluding hydrogens is 574 g/mol. The molecule has 7 heteroatoms. The number of alkyl halides is 2. The minimum absolute atomic E-state index is 0.0185. The molecule has 3 aliphatic heterocycles. The maximum atomic E-state index is 5.98. The lowest BCUT2D eigenvalue weighted by atomic mass is 9.85. The Kier molecular flexibility index (Phi) is 4.59. The van der Waals surface area contributed by atoms with Crippen LogP contribution in [0.5, 0.6) is 23.0 Å². The number of rotatable bonds is 4. The van der Waals surface area contributed by atoms with E-state index < -0.39 is 0 Å². The molecule has 2 aromatic carbocycles. The van der Waals surface area contributed by atoms with E-state index in [9.17, 15) is 0 Å². The van der Waals surface area contributed by atoms with Crippen molar-refractivity contribution in [2.75, 3.05) is 26.8 Å². The summed E-state index contributed by atoms with van der Waals surface area (Å²) in [4.78, 5) is 0. The van der Waals surface area contributed by atoms with Crippen molar-refractivity contribution in [1.82, 2.24) is 0 Å². The van der Waals surface area contributed by atoms with Gasteiger partial charge in [0.05, 0.1) is 20.1 Å². The zero-order chi connectivity index (χ0) is 18.5. The highest BCUT2D eigenvalue weighted by molar-refractivity contribution is 14.1. The first-order valence-electron chi connectivity index (χ1n) is 8.77. The molecule has 0 unspecified atom stereocenters. The van der Waals surface area contributed by atoms with E-state index in [2.05, 4.69) is 69.4 Å². The van der Waals surface area contributed by atoms with Gasteiger partial charge < -0.3 is 23.7 Å². The molecule has 0 N–H and O–H groups in total. The van der Waals surface area contributed by atoms with Crippen molar-refractivity contribution in [3.8, 4) is 23.0 Å². The Bertz CT molecular complexity index is 817. The Morgan fingerprint density at radius 2 is 1.11 bits per heavy atom. The molecule has 1 saturated heterocycles. The van der Waals surface area contributed by atoms with E-state index in [0.717, 1.165) is 49.1 Å². The van der Waals surface area contributed by atoms with Gasteiger partial charge in [-0.25, -0.2) is 0 Å². The van der Waals surface area contributed by atoms with Crippen LogP contribution in [-0.2, 0) is 17.6 Å². The zero-order valence-electron chi connectivity index (χ0n) is 14.5. The number of hydrogen-bond donors (Lipinski definition) is 0. The number of benzene rings is 2. The minimum atomic E-state index is -0.0185. The van der Waals surface area contributed by atoms with E-state index in [1.54, 1.807) is 0 Å². The molecule has 142 valence electrons. The summed E-state index contributed by atoms with van der Waals surface area (Å²) in [5.41, 5.74) is 2.48. The summed E-state index contributed by atoms with van der Waals surface area (Å²) in [6, 6.07) is 12.4. The lowest BCUT2D eigenvalue weighted by Crippen LogP contribution is -2.46. The molecule has 27 heavy (non-hydrogen) atoms. The molecule has 2 aromatic rings. The normalized spacial score (nSPS) is 27.9. The molecule has 0 amide bonds. The average Bonchev–Trinajstić information content (AvgIpc) is 3.34. The van der Waals surface area contributed by atoms with Gasteiger partial charge >= 0.3 is 0 Å². The molecule has 0 bridgehead atoms. The predicted molar refractivity (Wildman–Crippen MR) is 117 cm³/mol. The third kappa shape index (κ3) is 3.25. The van der Waals surface area contributed by atoms with Crippen molar-refractivity contribution in [3.63, 3.8) is 0 Å². The second-order valence-corrected chi connectivity index (χ2v) is 11.3. The number of hydrogen-bond acceptors (Lipinski definition) is 5. The van der Waals surface area contributed by atoms with Crippen LogP contribution < -0.4 is 18.9 Å². The topological polar surface area (TPSA) is 46.2 Å². The Morgan fingerprint density at radius 3 is 1.59 bits per heavy atom. The Hall–Kier alpha value is -0.940. The van der Waals surface area contributed by atoms with Crippen molar-refractivity contribution >= 4 is 45.2 Å². The summed E-state index contributed by atoms with van der Waals surface area (Å²) in [6.45, 7) is 2.07. The Labute approximate surface area is 184 Å². The van der Waals surface area contributed by atoms with Gasteiger partial charge in [0.25, 0.3) is 0 Å². The van der Waals surface area contributed by atoms with Crippen molar-refractivity contribution in [1.29, 1.82) is 0 Å². The molecule has 3 aliphatic rings. The van der Waals surface area contributed by atoms with E-state index in [1.807, 2.05) is 12.1 Å². The van der Waals surface area contributed by atoms with Crippen molar-refractivity contribution in [2.24, 2.45) is 0 Å². The van der Waals surface area contributed by atoms with Crippen LogP contribution in [-0.4, -0.2) is 33.6 Å². The average molecular weight is 592 g/mol. The number of ether oxygens (including phenoxy) is 5. The summed E-state index contributed by atoms with van der Waals surface area (Å²) in [5.74, 6) is 3.32. The molecule has 0 spiro atoms. The first kappa shape index (κ1) is 18.1. The van der Waals surface area contributed by atoms with Crippen LogP contribution in [0.2, 0.25) is 0 Å². The van der Waals surface area contributed by atoms with Gasteiger partial charge in [-0.3, -0.25) is 0 Å². The van der Waals surface area contributed by atoms with Crippen LogP contribution in [0.15, 0.2) is 36.4 Å². The summed E-state index contributed by atoms with van der Waals surface area (Å²) in [5, 5.41) is 0. The van der Waals surface area contributed by atoms with Crippen LogP contribution in [0.25, 0.3) is 0 Å². The summed E-state index contributed by atoms with van der Waals surface area (Å²) in [7, 11) is 0. The first-order valence-corrected chi connectivity index (χ1v) is 10.9. The quantitative estimate of drug-likeness (QED) is 0.392.